The van der Waals surface area contributed by atoms with Crippen LogP contribution in [0, 0.1) is 5.82 Å². The Morgan fingerprint density at radius 3 is 2.46 bits per heavy atom. The number of amides is 2. The Kier molecular flexibility index (Phi) is 8.62. The van der Waals surface area contributed by atoms with Gasteiger partial charge in [-0.25, -0.2) is 4.39 Å². The SMILES string of the molecule is COc1ccc(C(=O)N[C@@H](CO)c2nnc(SCC(=O)N3CCN(c4ccccc4F)CC3)n2C)cc1. The maximum absolute atomic E-state index is 14.1. The van der Waals surface area contributed by atoms with Crippen LogP contribution >= 0.6 is 11.8 Å². The first-order chi connectivity index (χ1) is 17.9. The summed E-state index contributed by atoms with van der Waals surface area (Å²) in [5.74, 6) is 0.480. The van der Waals surface area contributed by atoms with Gasteiger partial charge >= 0.3 is 0 Å². The lowest BCUT2D eigenvalue weighted by molar-refractivity contribution is -0.128. The molecule has 1 aliphatic rings. The summed E-state index contributed by atoms with van der Waals surface area (Å²) in [6, 6.07) is 12.5. The first-order valence-corrected chi connectivity index (χ1v) is 12.7. The highest BCUT2D eigenvalue weighted by atomic mass is 32.2. The molecule has 0 aliphatic carbocycles. The number of nitrogens with one attached hydrogen (secondary N) is 1. The molecule has 4 rings (SSSR count). The fourth-order valence-electron chi connectivity index (χ4n) is 4.05. The van der Waals surface area contributed by atoms with Gasteiger partial charge in [0, 0.05) is 38.8 Å². The van der Waals surface area contributed by atoms with Crippen LogP contribution in [-0.2, 0) is 11.8 Å². The van der Waals surface area contributed by atoms with Gasteiger partial charge in [0.2, 0.25) is 5.91 Å². The standard InChI is InChI=1S/C25H29FN6O4S/c1-30-23(20(15-33)27-24(35)17-7-9-18(36-2)10-8-17)28-29-25(30)37-16-22(34)32-13-11-31(12-14-32)21-6-4-3-5-19(21)26/h3-10,20,33H,11-16H2,1-2H3,(H,27,35)/t20-/m0/s1. The zero-order valence-corrected chi connectivity index (χ0v) is 21.4. The number of para-hydroxylation sites is 1. The van der Waals surface area contributed by atoms with E-state index in [1.54, 1.807) is 66.1 Å². The minimum absolute atomic E-state index is 0.0470. The van der Waals surface area contributed by atoms with Crippen molar-refractivity contribution in [3.8, 4) is 5.75 Å². The van der Waals surface area contributed by atoms with Crippen LogP contribution < -0.4 is 15.0 Å². The molecular weight excluding hydrogens is 499 g/mol. The molecule has 196 valence electrons. The molecule has 1 aliphatic heterocycles. The van der Waals surface area contributed by atoms with E-state index in [-0.39, 0.29) is 30.0 Å². The quantitative estimate of drug-likeness (QED) is 0.405. The first-order valence-electron chi connectivity index (χ1n) is 11.8. The summed E-state index contributed by atoms with van der Waals surface area (Å²) in [4.78, 5) is 29.1. The number of methoxy groups -OCH3 is 1. The fourth-order valence-corrected chi connectivity index (χ4v) is 4.87. The smallest absolute Gasteiger partial charge is 0.251 e. The van der Waals surface area contributed by atoms with E-state index in [0.717, 1.165) is 0 Å². The number of aliphatic hydroxyl groups is 1. The molecule has 0 bridgehead atoms. The highest BCUT2D eigenvalue weighted by Gasteiger charge is 2.25. The number of nitrogens with zero attached hydrogens (tertiary/aromatic N) is 5. The van der Waals surface area contributed by atoms with E-state index in [0.29, 0.717) is 54.2 Å². The van der Waals surface area contributed by atoms with E-state index in [1.165, 1.54) is 17.8 Å². The Labute approximate surface area is 218 Å². The number of ether oxygens (including phenoxy) is 1. The molecule has 2 amide bonds. The van der Waals surface area contributed by atoms with Crippen LogP contribution in [0.15, 0.2) is 53.7 Å². The summed E-state index contributed by atoms with van der Waals surface area (Å²) in [5, 5.41) is 21.4. The molecular formula is C25H29FN6O4S. The zero-order chi connectivity index (χ0) is 26.4. The van der Waals surface area contributed by atoms with Crippen molar-refractivity contribution in [3.63, 3.8) is 0 Å². The normalized spacial score (nSPS) is 14.4. The maximum atomic E-state index is 14.1. The minimum Gasteiger partial charge on any atom is -0.497 e. The van der Waals surface area contributed by atoms with Crippen molar-refractivity contribution < 1.29 is 23.8 Å². The Morgan fingerprint density at radius 1 is 1.11 bits per heavy atom. The second-order valence-corrected chi connectivity index (χ2v) is 9.39. The number of rotatable bonds is 9. The maximum Gasteiger partial charge on any atom is 0.251 e. The van der Waals surface area contributed by atoms with Gasteiger partial charge in [0.15, 0.2) is 11.0 Å². The van der Waals surface area contributed by atoms with Gasteiger partial charge in [-0.3, -0.25) is 9.59 Å². The largest absolute Gasteiger partial charge is 0.497 e. The van der Waals surface area contributed by atoms with Crippen LogP contribution in [0.5, 0.6) is 5.75 Å². The number of aliphatic hydroxyl groups excluding tert-OH is 1. The van der Waals surface area contributed by atoms with Gasteiger partial charge in [-0.1, -0.05) is 23.9 Å². The fraction of sp³-hybridized carbons (Fsp3) is 0.360. The summed E-state index contributed by atoms with van der Waals surface area (Å²) in [7, 11) is 3.26. The number of anilines is 1. The molecule has 0 spiro atoms. The molecule has 2 aromatic carbocycles. The molecule has 1 aromatic heterocycles. The van der Waals surface area contributed by atoms with Crippen molar-refractivity contribution in [1.82, 2.24) is 25.0 Å². The van der Waals surface area contributed by atoms with Crippen LogP contribution in [0.3, 0.4) is 0 Å². The Bertz CT molecular complexity index is 1230. The molecule has 2 N–H and O–H groups in total. The van der Waals surface area contributed by atoms with Crippen molar-refractivity contribution in [2.75, 3.05) is 50.5 Å². The lowest BCUT2D eigenvalue weighted by Crippen LogP contribution is -2.49. The number of aromatic nitrogens is 3. The van der Waals surface area contributed by atoms with Gasteiger partial charge in [0.1, 0.15) is 17.6 Å². The molecule has 1 fully saturated rings. The lowest BCUT2D eigenvalue weighted by Gasteiger charge is -2.36. The average molecular weight is 529 g/mol. The second kappa shape index (κ2) is 12.1. The summed E-state index contributed by atoms with van der Waals surface area (Å²) in [6.45, 7) is 1.74. The Balaban J connectivity index is 1.31. The van der Waals surface area contributed by atoms with Crippen molar-refractivity contribution in [2.45, 2.75) is 11.2 Å². The molecule has 0 radical (unpaired) electrons. The van der Waals surface area contributed by atoms with E-state index in [4.69, 9.17) is 4.74 Å². The number of piperazine rings is 1. The van der Waals surface area contributed by atoms with Gasteiger partial charge in [0.25, 0.3) is 5.91 Å². The molecule has 2 heterocycles. The number of carbonyl (C=O) groups is 2. The highest BCUT2D eigenvalue weighted by molar-refractivity contribution is 7.99. The molecule has 1 atom stereocenters. The summed E-state index contributed by atoms with van der Waals surface area (Å²) >= 11 is 1.23. The monoisotopic (exact) mass is 528 g/mol. The Hall–Kier alpha value is -3.64. The van der Waals surface area contributed by atoms with Gasteiger partial charge in [-0.05, 0) is 36.4 Å². The van der Waals surface area contributed by atoms with Crippen LogP contribution in [0.1, 0.15) is 22.2 Å². The van der Waals surface area contributed by atoms with E-state index in [9.17, 15) is 19.1 Å². The van der Waals surface area contributed by atoms with E-state index < -0.39 is 6.04 Å². The average Bonchev–Trinajstić information content (AvgIpc) is 3.30. The number of hydrogen-bond acceptors (Lipinski definition) is 8. The van der Waals surface area contributed by atoms with Crippen molar-refractivity contribution >= 4 is 29.3 Å². The van der Waals surface area contributed by atoms with Gasteiger partial charge in [-0.15, -0.1) is 10.2 Å². The predicted molar refractivity (Wildman–Crippen MR) is 137 cm³/mol. The van der Waals surface area contributed by atoms with Crippen LogP contribution in [0.4, 0.5) is 10.1 Å². The van der Waals surface area contributed by atoms with Crippen LogP contribution in [0.25, 0.3) is 0 Å². The lowest BCUT2D eigenvalue weighted by atomic mass is 10.2. The van der Waals surface area contributed by atoms with Crippen LogP contribution in [-0.4, -0.2) is 82.2 Å². The third-order valence-corrected chi connectivity index (χ3v) is 7.18. The number of thioether (sulfide) groups is 1. The van der Waals surface area contributed by atoms with Crippen molar-refractivity contribution in [2.24, 2.45) is 7.05 Å². The summed E-state index contributed by atoms with van der Waals surface area (Å²) in [6.07, 6.45) is 0. The summed E-state index contributed by atoms with van der Waals surface area (Å²) in [5.41, 5.74) is 0.963. The molecule has 10 nitrogen and oxygen atoms in total. The van der Waals surface area contributed by atoms with Gasteiger partial charge in [0.05, 0.1) is 25.2 Å². The number of carbonyl (C=O) groups excluding carboxylic acids is 2. The van der Waals surface area contributed by atoms with E-state index >= 15 is 0 Å². The van der Waals surface area contributed by atoms with E-state index in [1.807, 2.05) is 4.90 Å². The van der Waals surface area contributed by atoms with Crippen molar-refractivity contribution in [3.05, 3.63) is 65.7 Å². The van der Waals surface area contributed by atoms with Gasteiger partial charge < -0.3 is 29.5 Å². The topological polar surface area (TPSA) is 113 Å². The number of hydrogen-bond donors (Lipinski definition) is 2. The minimum atomic E-state index is -0.774. The second-order valence-electron chi connectivity index (χ2n) is 8.44. The molecule has 1 saturated heterocycles. The molecule has 0 unspecified atom stereocenters. The van der Waals surface area contributed by atoms with Crippen molar-refractivity contribution in [1.29, 1.82) is 0 Å². The third kappa shape index (κ3) is 6.20. The molecule has 0 saturated carbocycles. The molecule has 12 heteroatoms. The van der Waals surface area contributed by atoms with Crippen LogP contribution in [0.2, 0.25) is 0 Å². The number of halogens is 1. The highest BCUT2D eigenvalue weighted by Crippen LogP contribution is 2.23. The summed E-state index contributed by atoms with van der Waals surface area (Å²) < 4.78 is 20.8. The molecule has 3 aromatic rings. The number of benzene rings is 2. The van der Waals surface area contributed by atoms with E-state index in [2.05, 4.69) is 15.5 Å². The first kappa shape index (κ1) is 26.4. The predicted octanol–water partition coefficient (Wildman–Crippen LogP) is 1.87. The Morgan fingerprint density at radius 2 is 1.81 bits per heavy atom. The van der Waals surface area contributed by atoms with Gasteiger partial charge in [-0.2, -0.15) is 0 Å². The third-order valence-electron chi connectivity index (χ3n) is 6.17. The molecule has 37 heavy (non-hydrogen) atoms. The zero-order valence-electron chi connectivity index (χ0n) is 20.6.